The van der Waals surface area contributed by atoms with Crippen molar-refractivity contribution in [2.24, 2.45) is 0 Å². The van der Waals surface area contributed by atoms with Crippen molar-refractivity contribution >= 4 is 27.5 Å². The monoisotopic (exact) mass is 463 g/mol. The van der Waals surface area contributed by atoms with Gasteiger partial charge in [0.2, 0.25) is 21.8 Å². The van der Waals surface area contributed by atoms with E-state index in [9.17, 15) is 18.0 Å². The van der Waals surface area contributed by atoms with E-state index in [2.05, 4.69) is 5.32 Å². The molecule has 174 valence electrons. The van der Waals surface area contributed by atoms with Gasteiger partial charge < -0.3 is 19.7 Å². The van der Waals surface area contributed by atoms with Gasteiger partial charge in [-0.15, -0.1) is 0 Å². The molecule has 1 atom stereocenters. The summed E-state index contributed by atoms with van der Waals surface area (Å²) in [5, 5.41) is 2.53. The lowest BCUT2D eigenvalue weighted by molar-refractivity contribution is -0.139. The van der Waals surface area contributed by atoms with Gasteiger partial charge in [-0.1, -0.05) is 18.2 Å². The molecule has 0 fully saturated rings. The van der Waals surface area contributed by atoms with Crippen LogP contribution in [0.2, 0.25) is 0 Å². The molecule has 2 aromatic rings. The lowest BCUT2D eigenvalue weighted by atomic mass is 10.1. The molecular formula is C22H29N3O6S. The number of likely N-dealkylation sites (N-methyl/N-ethyl adjacent to an activating group) is 1. The van der Waals surface area contributed by atoms with E-state index in [4.69, 9.17) is 9.47 Å². The Morgan fingerprint density at radius 2 is 1.66 bits per heavy atom. The molecule has 2 aromatic carbocycles. The van der Waals surface area contributed by atoms with Gasteiger partial charge in [0.15, 0.2) is 0 Å². The Morgan fingerprint density at radius 3 is 2.19 bits per heavy atom. The molecule has 0 aliphatic carbocycles. The van der Waals surface area contributed by atoms with Gasteiger partial charge in [-0.3, -0.25) is 13.9 Å². The van der Waals surface area contributed by atoms with E-state index < -0.39 is 28.5 Å². The molecule has 0 aliphatic heterocycles. The third-order valence-electron chi connectivity index (χ3n) is 4.95. The van der Waals surface area contributed by atoms with E-state index in [-0.39, 0.29) is 18.1 Å². The van der Waals surface area contributed by atoms with Crippen LogP contribution in [-0.4, -0.2) is 65.2 Å². The van der Waals surface area contributed by atoms with E-state index in [0.717, 1.165) is 16.1 Å². The lowest BCUT2D eigenvalue weighted by Crippen LogP contribution is -2.50. The van der Waals surface area contributed by atoms with E-state index in [1.807, 2.05) is 0 Å². The van der Waals surface area contributed by atoms with Gasteiger partial charge in [-0.2, -0.15) is 0 Å². The summed E-state index contributed by atoms with van der Waals surface area (Å²) >= 11 is 0. The maximum absolute atomic E-state index is 13.3. The van der Waals surface area contributed by atoms with Crippen LogP contribution in [0, 0.1) is 0 Å². The van der Waals surface area contributed by atoms with Crippen LogP contribution < -0.4 is 19.1 Å². The third-order valence-corrected chi connectivity index (χ3v) is 6.09. The van der Waals surface area contributed by atoms with Crippen LogP contribution in [0.3, 0.4) is 0 Å². The normalized spacial score (nSPS) is 11.9. The number of benzene rings is 2. The number of methoxy groups -OCH3 is 2. The van der Waals surface area contributed by atoms with Crippen LogP contribution in [-0.2, 0) is 26.2 Å². The van der Waals surface area contributed by atoms with Crippen molar-refractivity contribution in [1.29, 1.82) is 0 Å². The average Bonchev–Trinajstić information content (AvgIpc) is 2.79. The molecule has 1 N–H and O–H groups in total. The molecule has 0 heterocycles. The fraction of sp³-hybridized carbons (Fsp3) is 0.364. The van der Waals surface area contributed by atoms with Gasteiger partial charge in [0.25, 0.3) is 0 Å². The first-order valence-corrected chi connectivity index (χ1v) is 11.7. The van der Waals surface area contributed by atoms with Gasteiger partial charge >= 0.3 is 0 Å². The Labute approximate surface area is 189 Å². The Hall–Kier alpha value is -3.27. The molecule has 0 aliphatic rings. The molecule has 10 heteroatoms. The summed E-state index contributed by atoms with van der Waals surface area (Å²) in [4.78, 5) is 27.0. The summed E-state index contributed by atoms with van der Waals surface area (Å²) in [6.07, 6.45) is 1.02. The number of hydrogen-bond donors (Lipinski definition) is 1. The number of sulfonamides is 1. The van der Waals surface area contributed by atoms with Crippen LogP contribution in [0.5, 0.6) is 11.5 Å². The highest BCUT2D eigenvalue weighted by atomic mass is 32.2. The Kier molecular flexibility index (Phi) is 8.48. The fourth-order valence-corrected chi connectivity index (χ4v) is 3.94. The van der Waals surface area contributed by atoms with E-state index in [1.54, 1.807) is 56.5 Å². The van der Waals surface area contributed by atoms with E-state index in [1.165, 1.54) is 25.1 Å². The van der Waals surface area contributed by atoms with Crippen molar-refractivity contribution in [1.82, 2.24) is 10.2 Å². The van der Waals surface area contributed by atoms with Crippen molar-refractivity contribution in [3.8, 4) is 11.5 Å². The van der Waals surface area contributed by atoms with Gasteiger partial charge in [0, 0.05) is 19.7 Å². The van der Waals surface area contributed by atoms with Crippen molar-refractivity contribution in [2.45, 2.75) is 19.5 Å². The molecule has 0 aromatic heterocycles. The van der Waals surface area contributed by atoms with Crippen LogP contribution >= 0.6 is 0 Å². The summed E-state index contributed by atoms with van der Waals surface area (Å²) in [6, 6.07) is 12.7. The Balaban J connectivity index is 2.37. The zero-order valence-corrected chi connectivity index (χ0v) is 19.7. The van der Waals surface area contributed by atoms with E-state index in [0.29, 0.717) is 11.5 Å². The Bertz CT molecular complexity index is 1040. The summed E-state index contributed by atoms with van der Waals surface area (Å²) in [5.74, 6) is 0.231. The highest BCUT2D eigenvalue weighted by Crippen LogP contribution is 2.24. The summed E-state index contributed by atoms with van der Waals surface area (Å²) < 4.78 is 36.3. The minimum absolute atomic E-state index is 0.118. The second-order valence-corrected chi connectivity index (χ2v) is 9.04. The van der Waals surface area contributed by atoms with Crippen molar-refractivity contribution in [3.05, 3.63) is 54.1 Å². The molecule has 0 radical (unpaired) electrons. The zero-order chi connectivity index (χ0) is 23.9. The quantitative estimate of drug-likeness (QED) is 0.574. The number of rotatable bonds is 10. The molecule has 32 heavy (non-hydrogen) atoms. The molecule has 0 saturated carbocycles. The molecule has 9 nitrogen and oxygen atoms in total. The van der Waals surface area contributed by atoms with Crippen LogP contribution in [0.4, 0.5) is 5.69 Å². The number of nitrogens with zero attached hydrogens (tertiary/aromatic N) is 2. The highest BCUT2D eigenvalue weighted by Gasteiger charge is 2.29. The van der Waals surface area contributed by atoms with Crippen LogP contribution in [0.15, 0.2) is 48.5 Å². The minimum atomic E-state index is -3.79. The second-order valence-electron chi connectivity index (χ2n) is 7.13. The van der Waals surface area contributed by atoms with Crippen molar-refractivity contribution in [2.75, 3.05) is 38.4 Å². The van der Waals surface area contributed by atoms with Crippen LogP contribution in [0.25, 0.3) is 0 Å². The van der Waals surface area contributed by atoms with Gasteiger partial charge in [-0.25, -0.2) is 8.42 Å². The number of ether oxygens (including phenoxy) is 2. The molecule has 2 rings (SSSR count). The molecule has 0 bridgehead atoms. The first-order chi connectivity index (χ1) is 15.1. The Morgan fingerprint density at radius 1 is 1.03 bits per heavy atom. The predicted molar refractivity (Wildman–Crippen MR) is 122 cm³/mol. The maximum Gasteiger partial charge on any atom is 0.244 e. The molecule has 2 amide bonds. The molecular weight excluding hydrogens is 434 g/mol. The third kappa shape index (κ3) is 6.36. The number of carbonyl (C=O) groups is 2. The van der Waals surface area contributed by atoms with E-state index >= 15 is 0 Å². The molecule has 0 unspecified atom stereocenters. The standard InChI is InChI=1S/C22H29N3O6S/c1-16(22(27)23-2)24(14-17-9-11-19(30-3)12-10-17)21(26)15-25(32(5,28)29)18-7-6-8-20(13-18)31-4/h6-13,16H,14-15H2,1-5H3,(H,23,27)/t16-/m1/s1. The molecule has 0 saturated heterocycles. The van der Waals surface area contributed by atoms with Crippen LogP contribution in [0.1, 0.15) is 12.5 Å². The second kappa shape index (κ2) is 10.9. The average molecular weight is 464 g/mol. The summed E-state index contributed by atoms with van der Waals surface area (Å²) in [7, 11) is 0.710. The smallest absolute Gasteiger partial charge is 0.244 e. The lowest BCUT2D eigenvalue weighted by Gasteiger charge is -2.31. The molecule has 0 spiro atoms. The number of amides is 2. The van der Waals surface area contributed by atoms with Gasteiger partial charge in [0.1, 0.15) is 24.1 Å². The summed E-state index contributed by atoms with van der Waals surface area (Å²) in [5.41, 5.74) is 1.05. The van der Waals surface area contributed by atoms with Gasteiger partial charge in [-0.05, 0) is 36.8 Å². The van der Waals surface area contributed by atoms with Crippen molar-refractivity contribution < 1.29 is 27.5 Å². The number of nitrogens with one attached hydrogen (secondary N) is 1. The first-order valence-electron chi connectivity index (χ1n) is 9.86. The van der Waals surface area contributed by atoms with Gasteiger partial charge in [0.05, 0.1) is 26.2 Å². The zero-order valence-electron chi connectivity index (χ0n) is 18.9. The largest absolute Gasteiger partial charge is 0.497 e. The highest BCUT2D eigenvalue weighted by molar-refractivity contribution is 7.92. The number of hydrogen-bond acceptors (Lipinski definition) is 6. The van der Waals surface area contributed by atoms with Crippen molar-refractivity contribution in [3.63, 3.8) is 0 Å². The SMILES string of the molecule is CNC(=O)[C@@H](C)N(Cc1ccc(OC)cc1)C(=O)CN(c1cccc(OC)c1)S(C)(=O)=O. The topological polar surface area (TPSA) is 105 Å². The maximum atomic E-state index is 13.3. The predicted octanol–water partition coefficient (Wildman–Crippen LogP) is 1.63. The first kappa shape index (κ1) is 25.0. The summed E-state index contributed by atoms with van der Waals surface area (Å²) in [6.45, 7) is 1.24. The number of anilines is 1. The fourth-order valence-electron chi connectivity index (χ4n) is 3.10. The minimum Gasteiger partial charge on any atom is -0.497 e. The number of carbonyl (C=O) groups excluding carboxylic acids is 2.